The fourth-order valence-corrected chi connectivity index (χ4v) is 2.22. The fourth-order valence-electron chi connectivity index (χ4n) is 2.22. The van der Waals surface area contributed by atoms with Crippen LogP contribution in [-0.2, 0) is 0 Å². The van der Waals surface area contributed by atoms with Gasteiger partial charge in [-0.15, -0.1) is 0 Å². The Labute approximate surface area is 97.4 Å². The molecule has 0 fully saturated rings. The van der Waals surface area contributed by atoms with Gasteiger partial charge in [-0.3, -0.25) is 0 Å². The summed E-state index contributed by atoms with van der Waals surface area (Å²) in [6.07, 6.45) is 6.00. The second kappa shape index (κ2) is 4.53. The molecular weight excluding hydrogens is 194 g/mol. The van der Waals surface area contributed by atoms with Crippen LogP contribution in [0.1, 0.15) is 42.9 Å². The molecule has 0 saturated heterocycles. The maximum atomic E-state index is 8.89. The van der Waals surface area contributed by atoms with E-state index < -0.39 is 0 Å². The standard InChI is InChI=1S/C15H17N/c1-11-3-5-13(6-4-11)14-7-8-15(10-16)12(2)9-14/h5,7-9,11H,3-4,6H2,1-2H3/t11-/m1/s1. The molecule has 0 spiro atoms. The summed E-state index contributed by atoms with van der Waals surface area (Å²) >= 11 is 0. The number of aryl methyl sites for hydroxylation is 1. The van der Waals surface area contributed by atoms with Crippen LogP contribution in [0.4, 0.5) is 0 Å². The third kappa shape index (κ3) is 2.17. The Bertz CT molecular complexity index is 463. The average molecular weight is 211 g/mol. The Morgan fingerprint density at radius 3 is 2.75 bits per heavy atom. The van der Waals surface area contributed by atoms with Crippen molar-refractivity contribution in [2.75, 3.05) is 0 Å². The highest BCUT2D eigenvalue weighted by Crippen LogP contribution is 2.30. The predicted octanol–water partition coefficient (Wildman–Crippen LogP) is 4.07. The average Bonchev–Trinajstić information content (AvgIpc) is 2.30. The minimum absolute atomic E-state index is 0.786. The Balaban J connectivity index is 2.29. The third-order valence-electron chi connectivity index (χ3n) is 3.39. The van der Waals surface area contributed by atoms with Gasteiger partial charge in [0, 0.05) is 0 Å². The van der Waals surface area contributed by atoms with Gasteiger partial charge in [0.2, 0.25) is 0 Å². The smallest absolute Gasteiger partial charge is 0.0994 e. The summed E-state index contributed by atoms with van der Waals surface area (Å²) in [5.41, 5.74) is 4.61. The molecule has 2 rings (SSSR count). The van der Waals surface area contributed by atoms with Crippen LogP contribution in [0.5, 0.6) is 0 Å². The van der Waals surface area contributed by atoms with Crippen LogP contribution in [0.2, 0.25) is 0 Å². The minimum Gasteiger partial charge on any atom is -0.192 e. The van der Waals surface area contributed by atoms with Crippen molar-refractivity contribution < 1.29 is 0 Å². The molecule has 1 aromatic carbocycles. The molecule has 0 aromatic heterocycles. The molecule has 1 atom stereocenters. The van der Waals surface area contributed by atoms with Crippen molar-refractivity contribution in [3.8, 4) is 6.07 Å². The third-order valence-corrected chi connectivity index (χ3v) is 3.39. The molecule has 1 aliphatic rings. The monoisotopic (exact) mass is 211 g/mol. The first kappa shape index (κ1) is 11.0. The van der Waals surface area contributed by atoms with Gasteiger partial charge in [-0.25, -0.2) is 0 Å². The number of allylic oxidation sites excluding steroid dienone is 2. The summed E-state index contributed by atoms with van der Waals surface area (Å²) in [5.74, 6) is 0.822. The molecule has 1 nitrogen and oxygen atoms in total. The lowest BCUT2D eigenvalue weighted by Crippen LogP contribution is -2.01. The summed E-state index contributed by atoms with van der Waals surface area (Å²) in [4.78, 5) is 0. The van der Waals surface area contributed by atoms with Crippen molar-refractivity contribution in [3.63, 3.8) is 0 Å². The highest BCUT2D eigenvalue weighted by Gasteiger charge is 2.12. The van der Waals surface area contributed by atoms with Crippen LogP contribution in [0, 0.1) is 24.2 Å². The lowest BCUT2D eigenvalue weighted by atomic mass is 9.87. The zero-order valence-corrected chi connectivity index (χ0v) is 9.96. The van der Waals surface area contributed by atoms with E-state index >= 15 is 0 Å². The van der Waals surface area contributed by atoms with E-state index in [1.807, 2.05) is 13.0 Å². The highest BCUT2D eigenvalue weighted by atomic mass is 14.2. The van der Waals surface area contributed by atoms with Gasteiger partial charge in [0.25, 0.3) is 0 Å². The van der Waals surface area contributed by atoms with Gasteiger partial charge in [-0.1, -0.05) is 25.1 Å². The second-order valence-corrected chi connectivity index (χ2v) is 4.75. The van der Waals surface area contributed by atoms with Crippen LogP contribution in [0.25, 0.3) is 5.57 Å². The van der Waals surface area contributed by atoms with E-state index in [1.165, 1.54) is 30.4 Å². The van der Waals surface area contributed by atoms with Gasteiger partial charge < -0.3 is 0 Å². The topological polar surface area (TPSA) is 23.8 Å². The van der Waals surface area contributed by atoms with Crippen molar-refractivity contribution >= 4 is 5.57 Å². The largest absolute Gasteiger partial charge is 0.192 e. The van der Waals surface area contributed by atoms with Crippen LogP contribution in [0.3, 0.4) is 0 Å². The number of hydrogen-bond donors (Lipinski definition) is 0. The molecule has 0 saturated carbocycles. The Kier molecular flexibility index (Phi) is 3.10. The van der Waals surface area contributed by atoms with Gasteiger partial charge in [0.05, 0.1) is 11.6 Å². The van der Waals surface area contributed by atoms with Gasteiger partial charge in [0.15, 0.2) is 0 Å². The molecule has 0 radical (unpaired) electrons. The van der Waals surface area contributed by atoms with Crippen LogP contribution in [0.15, 0.2) is 24.3 Å². The molecule has 0 aliphatic heterocycles. The van der Waals surface area contributed by atoms with Gasteiger partial charge in [-0.2, -0.15) is 5.26 Å². The van der Waals surface area contributed by atoms with E-state index in [-0.39, 0.29) is 0 Å². The number of hydrogen-bond acceptors (Lipinski definition) is 1. The zero-order valence-electron chi connectivity index (χ0n) is 9.96. The molecule has 0 amide bonds. The molecular formula is C15H17N. The molecule has 1 aromatic rings. The Morgan fingerprint density at radius 1 is 1.38 bits per heavy atom. The molecule has 1 heteroatoms. The van der Waals surface area contributed by atoms with Crippen LogP contribution >= 0.6 is 0 Å². The van der Waals surface area contributed by atoms with Crippen LogP contribution in [-0.4, -0.2) is 0 Å². The SMILES string of the molecule is Cc1cc(C2=CC[C@@H](C)CC2)ccc1C#N. The van der Waals surface area contributed by atoms with Gasteiger partial charge >= 0.3 is 0 Å². The first-order valence-corrected chi connectivity index (χ1v) is 5.91. The molecule has 0 unspecified atom stereocenters. The Morgan fingerprint density at radius 2 is 2.19 bits per heavy atom. The molecule has 16 heavy (non-hydrogen) atoms. The maximum Gasteiger partial charge on any atom is 0.0994 e. The molecule has 0 N–H and O–H groups in total. The van der Waals surface area contributed by atoms with Crippen LogP contribution < -0.4 is 0 Å². The first-order valence-electron chi connectivity index (χ1n) is 5.91. The Hall–Kier alpha value is -1.55. The van der Waals surface area contributed by atoms with Crippen molar-refractivity contribution in [1.29, 1.82) is 5.26 Å². The number of benzene rings is 1. The first-order chi connectivity index (χ1) is 7.70. The van der Waals surface area contributed by atoms with E-state index in [9.17, 15) is 0 Å². The van der Waals surface area contributed by atoms with Crippen molar-refractivity contribution in [2.24, 2.45) is 5.92 Å². The number of nitriles is 1. The predicted molar refractivity (Wildman–Crippen MR) is 66.9 cm³/mol. The summed E-state index contributed by atoms with van der Waals surface area (Å²) in [7, 11) is 0. The van der Waals surface area contributed by atoms with E-state index in [4.69, 9.17) is 5.26 Å². The quantitative estimate of drug-likeness (QED) is 0.687. The lowest BCUT2D eigenvalue weighted by molar-refractivity contribution is 0.534. The number of rotatable bonds is 1. The summed E-state index contributed by atoms with van der Waals surface area (Å²) in [6.45, 7) is 4.31. The summed E-state index contributed by atoms with van der Waals surface area (Å²) in [5, 5.41) is 8.89. The van der Waals surface area contributed by atoms with E-state index in [1.54, 1.807) is 0 Å². The lowest BCUT2D eigenvalue weighted by Gasteiger charge is -2.18. The highest BCUT2D eigenvalue weighted by molar-refractivity contribution is 5.67. The summed E-state index contributed by atoms with van der Waals surface area (Å²) in [6, 6.07) is 8.36. The fraction of sp³-hybridized carbons (Fsp3) is 0.400. The second-order valence-electron chi connectivity index (χ2n) is 4.75. The van der Waals surface area contributed by atoms with Crippen molar-refractivity contribution in [1.82, 2.24) is 0 Å². The van der Waals surface area contributed by atoms with Crippen molar-refractivity contribution in [3.05, 3.63) is 41.0 Å². The van der Waals surface area contributed by atoms with Crippen molar-refractivity contribution in [2.45, 2.75) is 33.1 Å². The molecule has 82 valence electrons. The maximum absolute atomic E-state index is 8.89. The van der Waals surface area contributed by atoms with Gasteiger partial charge in [-0.05, 0) is 54.9 Å². The van der Waals surface area contributed by atoms with Gasteiger partial charge in [0.1, 0.15) is 0 Å². The molecule has 0 bridgehead atoms. The zero-order chi connectivity index (χ0) is 11.5. The van der Waals surface area contributed by atoms with E-state index in [0.29, 0.717) is 0 Å². The normalized spacial score (nSPS) is 20.1. The summed E-state index contributed by atoms with van der Waals surface area (Å²) < 4.78 is 0. The molecule has 1 aliphatic carbocycles. The molecule has 0 heterocycles. The number of nitrogens with zero attached hydrogens (tertiary/aromatic N) is 1. The van der Waals surface area contributed by atoms with E-state index in [0.717, 1.165) is 17.0 Å². The van der Waals surface area contributed by atoms with E-state index in [2.05, 4.69) is 31.2 Å². The minimum atomic E-state index is 0.786.